The van der Waals surface area contributed by atoms with E-state index in [2.05, 4.69) is 27.6 Å². The molecule has 0 aromatic heterocycles. The number of hydrogen-bond acceptors (Lipinski definition) is 3. The van der Waals surface area contributed by atoms with Gasteiger partial charge in [-0.2, -0.15) is 0 Å². The summed E-state index contributed by atoms with van der Waals surface area (Å²) >= 11 is 3.08. The van der Waals surface area contributed by atoms with Gasteiger partial charge in [0.1, 0.15) is 5.82 Å². The van der Waals surface area contributed by atoms with Crippen molar-refractivity contribution in [2.24, 2.45) is 5.41 Å². The van der Waals surface area contributed by atoms with Crippen molar-refractivity contribution in [1.82, 2.24) is 4.72 Å². The Kier molecular flexibility index (Phi) is 4.95. The predicted octanol–water partition coefficient (Wildman–Crippen LogP) is 3.42. The molecule has 1 aliphatic rings. The highest BCUT2D eigenvalue weighted by Crippen LogP contribution is 2.35. The van der Waals surface area contributed by atoms with Crippen molar-refractivity contribution in [2.45, 2.75) is 43.9 Å². The molecule has 7 heteroatoms. The van der Waals surface area contributed by atoms with Gasteiger partial charge in [0.25, 0.3) is 0 Å². The number of sulfonamides is 1. The van der Waals surface area contributed by atoms with Crippen LogP contribution in [0.1, 0.15) is 39.0 Å². The topological polar surface area (TPSA) is 72.2 Å². The molecule has 0 bridgehead atoms. The van der Waals surface area contributed by atoms with Crippen LogP contribution in [0.5, 0.6) is 0 Å². The summed E-state index contributed by atoms with van der Waals surface area (Å²) in [6, 6.07) is 2.22. The van der Waals surface area contributed by atoms with Crippen molar-refractivity contribution < 1.29 is 12.8 Å². The summed E-state index contributed by atoms with van der Waals surface area (Å²) in [6.07, 6.45) is 5.50. The van der Waals surface area contributed by atoms with Crippen LogP contribution in [0.15, 0.2) is 21.5 Å². The first-order chi connectivity index (χ1) is 9.73. The van der Waals surface area contributed by atoms with E-state index in [1.54, 1.807) is 0 Å². The maximum absolute atomic E-state index is 13.3. The van der Waals surface area contributed by atoms with Gasteiger partial charge in [0, 0.05) is 11.0 Å². The van der Waals surface area contributed by atoms with Gasteiger partial charge >= 0.3 is 0 Å². The van der Waals surface area contributed by atoms with Crippen LogP contribution < -0.4 is 10.5 Å². The third kappa shape index (κ3) is 3.96. The SMILES string of the molecule is CC1(CNS(=O)(=O)c2cc(N)c(F)cc2Br)CCCCC1. The molecular weight excluding hydrogens is 359 g/mol. The fraction of sp³-hybridized carbons (Fsp3) is 0.571. The Morgan fingerprint density at radius 2 is 1.95 bits per heavy atom. The van der Waals surface area contributed by atoms with Crippen molar-refractivity contribution in [1.29, 1.82) is 0 Å². The van der Waals surface area contributed by atoms with Gasteiger partial charge in [-0.1, -0.05) is 26.2 Å². The first-order valence-corrected chi connectivity index (χ1v) is 9.25. The summed E-state index contributed by atoms with van der Waals surface area (Å²) < 4.78 is 40.9. The van der Waals surface area contributed by atoms with Crippen LogP contribution in [0.25, 0.3) is 0 Å². The quantitative estimate of drug-likeness (QED) is 0.788. The molecule has 0 atom stereocenters. The van der Waals surface area contributed by atoms with Gasteiger partial charge in [-0.25, -0.2) is 17.5 Å². The second-order valence-electron chi connectivity index (χ2n) is 6.00. The van der Waals surface area contributed by atoms with Gasteiger partial charge in [-0.05, 0) is 46.3 Å². The number of nitrogens with two attached hydrogens (primary N) is 1. The standard InChI is InChI=1S/C14H20BrFN2O2S/c1-14(5-3-2-4-6-14)9-18-21(19,20)13-8-12(17)11(16)7-10(13)15/h7-8,18H,2-6,9,17H2,1H3. The number of benzene rings is 1. The molecule has 0 saturated heterocycles. The van der Waals surface area contributed by atoms with Gasteiger partial charge in [0.2, 0.25) is 10.0 Å². The predicted molar refractivity (Wildman–Crippen MR) is 84.9 cm³/mol. The average molecular weight is 379 g/mol. The minimum atomic E-state index is -3.71. The number of hydrogen-bond donors (Lipinski definition) is 2. The number of rotatable bonds is 4. The maximum atomic E-state index is 13.3. The second-order valence-corrected chi connectivity index (χ2v) is 8.59. The third-order valence-electron chi connectivity index (χ3n) is 4.09. The van der Waals surface area contributed by atoms with E-state index >= 15 is 0 Å². The lowest BCUT2D eigenvalue weighted by Gasteiger charge is -2.33. The largest absolute Gasteiger partial charge is 0.396 e. The lowest BCUT2D eigenvalue weighted by molar-refractivity contribution is 0.219. The Hall–Kier alpha value is -0.660. The minimum absolute atomic E-state index is 0.0105. The van der Waals surface area contributed by atoms with E-state index < -0.39 is 15.8 Å². The van der Waals surface area contributed by atoms with Gasteiger partial charge < -0.3 is 5.73 Å². The van der Waals surface area contributed by atoms with Crippen LogP contribution in [-0.2, 0) is 10.0 Å². The molecule has 4 nitrogen and oxygen atoms in total. The van der Waals surface area contributed by atoms with Crippen LogP contribution >= 0.6 is 15.9 Å². The second kappa shape index (κ2) is 6.22. The Balaban J connectivity index is 2.17. The smallest absolute Gasteiger partial charge is 0.241 e. The van der Waals surface area contributed by atoms with Gasteiger partial charge in [-0.15, -0.1) is 0 Å². The van der Waals surface area contributed by atoms with E-state index in [0.29, 0.717) is 6.54 Å². The van der Waals surface area contributed by atoms with Crippen molar-refractivity contribution in [2.75, 3.05) is 12.3 Å². The summed E-state index contributed by atoms with van der Waals surface area (Å²) in [5, 5.41) is 0. The molecule has 0 heterocycles. The number of halogens is 2. The Morgan fingerprint density at radius 1 is 1.33 bits per heavy atom. The lowest BCUT2D eigenvalue weighted by atomic mass is 9.76. The number of nitrogen functional groups attached to an aromatic ring is 1. The molecule has 1 aromatic rings. The van der Waals surface area contributed by atoms with E-state index in [-0.39, 0.29) is 20.5 Å². The maximum Gasteiger partial charge on any atom is 0.241 e. The Labute approximate surface area is 133 Å². The summed E-state index contributed by atoms with van der Waals surface area (Å²) in [6.45, 7) is 2.49. The van der Waals surface area contributed by atoms with E-state index in [4.69, 9.17) is 5.73 Å². The van der Waals surface area contributed by atoms with E-state index in [0.717, 1.165) is 37.8 Å². The zero-order valence-corrected chi connectivity index (χ0v) is 14.4. The first-order valence-electron chi connectivity index (χ1n) is 6.98. The molecule has 0 spiro atoms. The summed E-state index contributed by atoms with van der Waals surface area (Å²) in [5.74, 6) is -0.639. The molecule has 21 heavy (non-hydrogen) atoms. The molecule has 0 unspecified atom stereocenters. The fourth-order valence-corrected chi connectivity index (χ4v) is 4.93. The van der Waals surface area contributed by atoms with Crippen molar-refractivity contribution in [3.05, 3.63) is 22.4 Å². The van der Waals surface area contributed by atoms with Gasteiger partial charge in [0.05, 0.1) is 10.6 Å². The zero-order valence-electron chi connectivity index (χ0n) is 12.0. The highest BCUT2D eigenvalue weighted by atomic mass is 79.9. The first kappa shape index (κ1) is 16.7. The molecule has 3 N–H and O–H groups in total. The van der Waals surface area contributed by atoms with Crippen molar-refractivity contribution in [3.8, 4) is 0 Å². The molecule has 0 aliphatic heterocycles. The summed E-state index contributed by atoms with van der Waals surface area (Å²) in [5.41, 5.74) is 5.27. The monoisotopic (exact) mass is 378 g/mol. The van der Waals surface area contributed by atoms with E-state index in [1.165, 1.54) is 6.42 Å². The van der Waals surface area contributed by atoms with Crippen molar-refractivity contribution in [3.63, 3.8) is 0 Å². The zero-order chi connectivity index (χ0) is 15.7. The minimum Gasteiger partial charge on any atom is -0.396 e. The fourth-order valence-electron chi connectivity index (χ4n) is 2.68. The molecule has 1 fully saturated rings. The normalized spacial score (nSPS) is 18.6. The Morgan fingerprint density at radius 3 is 2.57 bits per heavy atom. The van der Waals surface area contributed by atoms with Crippen molar-refractivity contribution >= 4 is 31.6 Å². The molecule has 0 radical (unpaired) electrons. The number of nitrogens with one attached hydrogen (secondary N) is 1. The molecule has 2 rings (SSSR count). The average Bonchev–Trinajstić information content (AvgIpc) is 2.42. The molecular formula is C14H20BrFN2O2S. The van der Waals surface area contributed by atoms with Crippen LogP contribution in [-0.4, -0.2) is 15.0 Å². The molecule has 1 aromatic carbocycles. The van der Waals surface area contributed by atoms with Gasteiger partial charge in [-0.3, -0.25) is 0 Å². The van der Waals surface area contributed by atoms with Crippen LogP contribution in [0.2, 0.25) is 0 Å². The third-order valence-corrected chi connectivity index (χ3v) is 6.45. The summed E-state index contributed by atoms with van der Waals surface area (Å²) in [4.78, 5) is -0.0270. The van der Waals surface area contributed by atoms with Crippen LogP contribution in [0.4, 0.5) is 10.1 Å². The Bertz CT molecular complexity index is 628. The molecule has 118 valence electrons. The van der Waals surface area contributed by atoms with Gasteiger partial charge in [0.15, 0.2) is 0 Å². The highest BCUT2D eigenvalue weighted by molar-refractivity contribution is 9.10. The molecule has 0 amide bonds. The molecule has 1 saturated carbocycles. The van der Waals surface area contributed by atoms with E-state index in [9.17, 15) is 12.8 Å². The highest BCUT2D eigenvalue weighted by Gasteiger charge is 2.29. The number of anilines is 1. The summed E-state index contributed by atoms with van der Waals surface area (Å²) in [7, 11) is -3.71. The van der Waals surface area contributed by atoms with E-state index in [1.807, 2.05) is 0 Å². The molecule has 1 aliphatic carbocycles. The lowest BCUT2D eigenvalue weighted by Crippen LogP contribution is -2.37. The van der Waals surface area contributed by atoms with Crippen LogP contribution in [0, 0.1) is 11.2 Å². The van der Waals surface area contributed by atoms with Crippen LogP contribution in [0.3, 0.4) is 0 Å².